The summed E-state index contributed by atoms with van der Waals surface area (Å²) in [5.74, 6) is 0.932. The Morgan fingerprint density at radius 3 is 2.42 bits per heavy atom. The smallest absolute Gasteiger partial charge is 0.255 e. The van der Waals surface area contributed by atoms with E-state index in [-0.39, 0.29) is 5.91 Å². The number of amides is 1. The molecule has 0 spiro atoms. The SMILES string of the molecule is C=C(C)c1cc(-c2ccc(NC(=O)c3ccc(OC)cc3)cc2)c2c(N)nn(C)c2n1. The van der Waals surface area contributed by atoms with E-state index in [1.807, 2.05) is 44.3 Å². The van der Waals surface area contributed by atoms with Crippen LogP contribution >= 0.6 is 0 Å². The minimum Gasteiger partial charge on any atom is -0.497 e. The molecule has 0 aliphatic heterocycles. The summed E-state index contributed by atoms with van der Waals surface area (Å²) in [6.45, 7) is 5.92. The molecule has 0 fully saturated rings. The number of nitrogen functional groups attached to an aromatic ring is 1. The van der Waals surface area contributed by atoms with E-state index in [1.54, 1.807) is 36.1 Å². The van der Waals surface area contributed by atoms with Crippen LogP contribution in [0.25, 0.3) is 27.7 Å². The Labute approximate surface area is 180 Å². The summed E-state index contributed by atoms with van der Waals surface area (Å²) in [5, 5.41) is 8.02. The third kappa shape index (κ3) is 3.85. The molecular formula is C24H23N5O2. The van der Waals surface area contributed by atoms with Gasteiger partial charge in [-0.3, -0.25) is 4.79 Å². The lowest BCUT2D eigenvalue weighted by Crippen LogP contribution is -2.11. The van der Waals surface area contributed by atoms with Crippen molar-refractivity contribution in [1.29, 1.82) is 0 Å². The highest BCUT2D eigenvalue weighted by Gasteiger charge is 2.16. The van der Waals surface area contributed by atoms with Crippen LogP contribution in [0.15, 0.2) is 61.2 Å². The first-order chi connectivity index (χ1) is 14.9. The number of carbonyl (C=O) groups is 1. The van der Waals surface area contributed by atoms with Crippen molar-refractivity contribution in [1.82, 2.24) is 14.8 Å². The topological polar surface area (TPSA) is 95.1 Å². The van der Waals surface area contributed by atoms with Gasteiger partial charge in [0.25, 0.3) is 5.91 Å². The number of rotatable bonds is 5. The monoisotopic (exact) mass is 413 g/mol. The van der Waals surface area contributed by atoms with Gasteiger partial charge in [-0.2, -0.15) is 5.10 Å². The molecule has 2 aromatic carbocycles. The highest BCUT2D eigenvalue weighted by Crippen LogP contribution is 2.34. The zero-order chi connectivity index (χ0) is 22.1. The number of pyridine rings is 1. The summed E-state index contributed by atoms with van der Waals surface area (Å²) in [6.07, 6.45) is 0. The first-order valence-electron chi connectivity index (χ1n) is 9.72. The number of allylic oxidation sites excluding steroid dienone is 1. The molecular weight excluding hydrogens is 390 g/mol. The third-order valence-corrected chi connectivity index (χ3v) is 5.06. The molecule has 1 amide bonds. The van der Waals surface area contributed by atoms with Gasteiger partial charge in [-0.25, -0.2) is 9.67 Å². The lowest BCUT2D eigenvalue weighted by molar-refractivity contribution is 0.102. The Balaban J connectivity index is 1.65. The van der Waals surface area contributed by atoms with Crippen molar-refractivity contribution in [2.75, 3.05) is 18.2 Å². The van der Waals surface area contributed by atoms with Crippen LogP contribution in [0.4, 0.5) is 11.5 Å². The van der Waals surface area contributed by atoms with Crippen LogP contribution in [0.3, 0.4) is 0 Å². The Morgan fingerprint density at radius 2 is 1.81 bits per heavy atom. The fourth-order valence-electron chi connectivity index (χ4n) is 3.40. The molecule has 4 aromatic rings. The van der Waals surface area contributed by atoms with Gasteiger partial charge in [0.05, 0.1) is 18.2 Å². The minimum absolute atomic E-state index is 0.192. The number of fused-ring (bicyclic) bond motifs is 1. The maximum absolute atomic E-state index is 12.5. The molecule has 0 aliphatic rings. The zero-order valence-corrected chi connectivity index (χ0v) is 17.6. The molecule has 31 heavy (non-hydrogen) atoms. The molecule has 0 saturated heterocycles. The Bertz CT molecular complexity index is 1290. The first-order valence-corrected chi connectivity index (χ1v) is 9.72. The minimum atomic E-state index is -0.192. The summed E-state index contributed by atoms with van der Waals surface area (Å²) in [7, 11) is 3.40. The fourth-order valence-corrected chi connectivity index (χ4v) is 3.40. The summed E-state index contributed by atoms with van der Waals surface area (Å²) >= 11 is 0. The number of aromatic nitrogens is 3. The molecule has 2 aromatic heterocycles. The summed E-state index contributed by atoms with van der Waals surface area (Å²) in [6, 6.07) is 16.5. The van der Waals surface area contributed by atoms with Gasteiger partial charge in [0, 0.05) is 18.3 Å². The Hall–Kier alpha value is -4.13. The average Bonchev–Trinajstić information content (AvgIpc) is 3.07. The number of anilines is 2. The molecule has 7 nitrogen and oxygen atoms in total. The number of nitrogens with zero attached hydrogens (tertiary/aromatic N) is 3. The van der Waals surface area contributed by atoms with Crippen LogP contribution in [-0.2, 0) is 7.05 Å². The number of hydrogen-bond donors (Lipinski definition) is 2. The number of nitrogens with one attached hydrogen (secondary N) is 1. The van der Waals surface area contributed by atoms with Crippen molar-refractivity contribution in [2.24, 2.45) is 7.05 Å². The van der Waals surface area contributed by atoms with Crippen molar-refractivity contribution in [3.63, 3.8) is 0 Å². The van der Waals surface area contributed by atoms with E-state index in [0.717, 1.165) is 27.8 Å². The molecule has 0 atom stereocenters. The predicted molar refractivity (Wildman–Crippen MR) is 124 cm³/mol. The fraction of sp³-hybridized carbons (Fsp3) is 0.125. The largest absolute Gasteiger partial charge is 0.497 e. The van der Waals surface area contributed by atoms with Crippen molar-refractivity contribution >= 4 is 34.0 Å². The number of methoxy groups -OCH3 is 1. The lowest BCUT2D eigenvalue weighted by Gasteiger charge is -2.10. The van der Waals surface area contributed by atoms with Crippen LogP contribution in [0.5, 0.6) is 5.75 Å². The standard InChI is InChI=1S/C24H23N5O2/c1-14(2)20-13-19(21-22(25)28-29(3)23(21)27-20)15-5-9-17(10-6-15)26-24(30)16-7-11-18(31-4)12-8-16/h5-13H,1H2,2-4H3,(H2,25,28)(H,26,30). The van der Waals surface area contributed by atoms with Gasteiger partial charge in [0.2, 0.25) is 0 Å². The zero-order valence-electron chi connectivity index (χ0n) is 17.6. The summed E-state index contributed by atoms with van der Waals surface area (Å²) in [5.41, 5.74) is 11.6. The van der Waals surface area contributed by atoms with E-state index < -0.39 is 0 Å². The molecule has 3 N–H and O–H groups in total. The molecule has 0 unspecified atom stereocenters. The maximum atomic E-state index is 12.5. The van der Waals surface area contributed by atoms with Crippen molar-refractivity contribution in [2.45, 2.75) is 6.92 Å². The summed E-state index contributed by atoms with van der Waals surface area (Å²) in [4.78, 5) is 17.2. The van der Waals surface area contributed by atoms with Crippen LogP contribution in [0.2, 0.25) is 0 Å². The first kappa shape index (κ1) is 20.2. The second kappa shape index (κ2) is 7.95. The van der Waals surface area contributed by atoms with Gasteiger partial charge in [-0.15, -0.1) is 0 Å². The molecule has 2 heterocycles. The second-order valence-corrected chi connectivity index (χ2v) is 7.30. The number of carbonyl (C=O) groups excluding carboxylic acids is 1. The van der Waals surface area contributed by atoms with Gasteiger partial charge < -0.3 is 15.8 Å². The van der Waals surface area contributed by atoms with Gasteiger partial charge >= 0.3 is 0 Å². The van der Waals surface area contributed by atoms with E-state index in [2.05, 4.69) is 22.0 Å². The summed E-state index contributed by atoms with van der Waals surface area (Å²) < 4.78 is 6.80. The molecule has 0 aliphatic carbocycles. The molecule has 7 heteroatoms. The molecule has 156 valence electrons. The number of benzene rings is 2. The number of nitrogens with two attached hydrogens (primary N) is 1. The number of aryl methyl sites for hydroxylation is 1. The highest BCUT2D eigenvalue weighted by molar-refractivity contribution is 6.05. The second-order valence-electron chi connectivity index (χ2n) is 7.30. The maximum Gasteiger partial charge on any atom is 0.255 e. The van der Waals surface area contributed by atoms with Crippen molar-refractivity contribution in [3.05, 3.63) is 72.4 Å². The van der Waals surface area contributed by atoms with Crippen LogP contribution in [0.1, 0.15) is 23.0 Å². The normalized spacial score (nSPS) is 10.8. The predicted octanol–water partition coefficient (Wildman–Crippen LogP) is 4.51. The molecule has 0 saturated carbocycles. The Kier molecular flexibility index (Phi) is 5.17. The van der Waals surface area contributed by atoms with Crippen LogP contribution in [0, 0.1) is 0 Å². The van der Waals surface area contributed by atoms with Gasteiger partial charge in [-0.05, 0) is 66.1 Å². The van der Waals surface area contributed by atoms with Gasteiger partial charge in [-0.1, -0.05) is 18.7 Å². The van der Waals surface area contributed by atoms with E-state index in [4.69, 9.17) is 10.5 Å². The Morgan fingerprint density at radius 1 is 1.13 bits per heavy atom. The third-order valence-electron chi connectivity index (χ3n) is 5.06. The van der Waals surface area contributed by atoms with Crippen LogP contribution in [-0.4, -0.2) is 27.8 Å². The molecule has 0 radical (unpaired) electrons. The number of hydrogen-bond acceptors (Lipinski definition) is 5. The quantitative estimate of drug-likeness (QED) is 0.502. The van der Waals surface area contributed by atoms with E-state index in [0.29, 0.717) is 28.5 Å². The van der Waals surface area contributed by atoms with Crippen molar-refractivity contribution < 1.29 is 9.53 Å². The van der Waals surface area contributed by atoms with Gasteiger partial charge in [0.15, 0.2) is 11.5 Å². The van der Waals surface area contributed by atoms with Gasteiger partial charge in [0.1, 0.15) is 5.75 Å². The van der Waals surface area contributed by atoms with Crippen LogP contribution < -0.4 is 15.8 Å². The molecule has 0 bridgehead atoms. The lowest BCUT2D eigenvalue weighted by atomic mass is 10.0. The highest BCUT2D eigenvalue weighted by atomic mass is 16.5. The molecule has 4 rings (SSSR count). The van der Waals surface area contributed by atoms with Crippen molar-refractivity contribution in [3.8, 4) is 16.9 Å². The van der Waals surface area contributed by atoms with E-state index in [9.17, 15) is 4.79 Å². The average molecular weight is 413 g/mol. The van der Waals surface area contributed by atoms with E-state index in [1.165, 1.54) is 0 Å². The number of ether oxygens (including phenoxy) is 1. The van der Waals surface area contributed by atoms with E-state index >= 15 is 0 Å².